The van der Waals surface area contributed by atoms with Gasteiger partial charge in [0.25, 0.3) is 0 Å². The molecule has 1 saturated heterocycles. The quantitative estimate of drug-likeness (QED) is 0.249. The number of nitrogens with zero attached hydrogens (tertiary/aromatic N) is 2. The van der Waals surface area contributed by atoms with Crippen LogP contribution in [0.3, 0.4) is 0 Å². The Morgan fingerprint density at radius 3 is 2.81 bits per heavy atom. The van der Waals surface area contributed by atoms with Crippen LogP contribution in [-0.4, -0.2) is 35.9 Å². The molecule has 1 amide bonds. The maximum Gasteiger partial charge on any atom is 0.228 e. The molecule has 1 aliphatic rings. The fraction of sp³-hybridized carbons (Fsp3) is 0.391. The lowest BCUT2D eigenvalue weighted by Crippen LogP contribution is -2.37. The summed E-state index contributed by atoms with van der Waals surface area (Å²) in [6.45, 7) is 3.31. The third-order valence-electron chi connectivity index (χ3n) is 5.20. The van der Waals surface area contributed by atoms with E-state index in [4.69, 9.17) is 32.9 Å². The summed E-state index contributed by atoms with van der Waals surface area (Å²) < 4.78 is 6.82. The van der Waals surface area contributed by atoms with E-state index in [2.05, 4.69) is 0 Å². The standard InChI is InChI=1S/C23H24Cl2N2O2S2/c1-15-12-17(25)13-20-22(15)26-23(31-20)27(14-18-4-2-10-29-18)21(28)5-3-11-30-19-8-6-16(24)7-9-19/h6-9,12-13,18H,2-5,10-11,14H2,1H3. The van der Waals surface area contributed by atoms with E-state index in [-0.39, 0.29) is 12.0 Å². The van der Waals surface area contributed by atoms with Crippen LogP contribution in [0.4, 0.5) is 5.13 Å². The molecule has 2 aromatic carbocycles. The van der Waals surface area contributed by atoms with Crippen molar-refractivity contribution in [1.29, 1.82) is 0 Å². The van der Waals surface area contributed by atoms with Gasteiger partial charge >= 0.3 is 0 Å². The highest BCUT2D eigenvalue weighted by Gasteiger charge is 2.26. The molecule has 1 aliphatic heterocycles. The number of rotatable bonds is 8. The van der Waals surface area contributed by atoms with Crippen molar-refractivity contribution in [2.45, 2.75) is 43.6 Å². The molecular weight excluding hydrogens is 471 g/mol. The minimum Gasteiger partial charge on any atom is -0.376 e. The number of hydrogen-bond acceptors (Lipinski definition) is 5. The van der Waals surface area contributed by atoms with Gasteiger partial charge in [-0.15, -0.1) is 11.8 Å². The van der Waals surface area contributed by atoms with Crippen LogP contribution in [0.25, 0.3) is 10.2 Å². The molecule has 3 aromatic rings. The van der Waals surface area contributed by atoms with Crippen molar-refractivity contribution in [3.63, 3.8) is 0 Å². The summed E-state index contributed by atoms with van der Waals surface area (Å²) in [6.07, 6.45) is 3.36. The molecule has 31 heavy (non-hydrogen) atoms. The molecule has 0 aliphatic carbocycles. The van der Waals surface area contributed by atoms with Crippen molar-refractivity contribution in [3.8, 4) is 0 Å². The number of thioether (sulfide) groups is 1. The van der Waals surface area contributed by atoms with Gasteiger partial charge in [0.05, 0.1) is 22.9 Å². The van der Waals surface area contributed by atoms with Crippen molar-refractivity contribution >= 4 is 67.6 Å². The second-order valence-electron chi connectivity index (χ2n) is 7.61. The topological polar surface area (TPSA) is 42.4 Å². The van der Waals surface area contributed by atoms with Crippen molar-refractivity contribution in [2.75, 3.05) is 23.8 Å². The molecule has 2 heterocycles. The van der Waals surface area contributed by atoms with Gasteiger partial charge in [0.2, 0.25) is 5.91 Å². The normalized spacial score (nSPS) is 16.2. The minimum atomic E-state index is 0.0732. The van der Waals surface area contributed by atoms with Crippen LogP contribution in [0.5, 0.6) is 0 Å². The molecule has 1 unspecified atom stereocenters. The Morgan fingerprint density at radius 2 is 2.06 bits per heavy atom. The zero-order valence-electron chi connectivity index (χ0n) is 17.3. The largest absolute Gasteiger partial charge is 0.376 e. The summed E-state index contributed by atoms with van der Waals surface area (Å²) in [5.74, 6) is 0.963. The average molecular weight is 495 g/mol. The summed E-state index contributed by atoms with van der Waals surface area (Å²) in [6, 6.07) is 11.6. The van der Waals surface area contributed by atoms with Gasteiger partial charge in [-0.2, -0.15) is 0 Å². The Morgan fingerprint density at radius 1 is 1.26 bits per heavy atom. The van der Waals surface area contributed by atoms with Crippen LogP contribution in [0.2, 0.25) is 10.0 Å². The zero-order valence-corrected chi connectivity index (χ0v) is 20.4. The average Bonchev–Trinajstić information content (AvgIpc) is 3.40. The lowest BCUT2D eigenvalue weighted by Gasteiger charge is -2.23. The first-order chi connectivity index (χ1) is 15.0. The summed E-state index contributed by atoms with van der Waals surface area (Å²) >= 11 is 15.4. The van der Waals surface area contributed by atoms with E-state index in [1.165, 1.54) is 11.3 Å². The molecule has 0 radical (unpaired) electrons. The van der Waals surface area contributed by atoms with Crippen LogP contribution in [0, 0.1) is 6.92 Å². The predicted octanol–water partition coefficient (Wildman–Crippen LogP) is 7.00. The van der Waals surface area contributed by atoms with E-state index in [1.807, 2.05) is 48.2 Å². The van der Waals surface area contributed by atoms with Crippen LogP contribution in [0.15, 0.2) is 41.3 Å². The van der Waals surface area contributed by atoms with Gasteiger partial charge in [0.15, 0.2) is 5.13 Å². The van der Waals surface area contributed by atoms with Gasteiger partial charge in [-0.25, -0.2) is 4.98 Å². The van der Waals surface area contributed by atoms with Gasteiger partial charge < -0.3 is 4.74 Å². The number of carbonyl (C=O) groups excluding carboxylic acids is 1. The molecule has 4 nitrogen and oxygen atoms in total. The van der Waals surface area contributed by atoms with Gasteiger partial charge in [-0.3, -0.25) is 9.69 Å². The lowest BCUT2D eigenvalue weighted by atomic mass is 10.2. The fourth-order valence-electron chi connectivity index (χ4n) is 3.62. The number of benzene rings is 2. The Balaban J connectivity index is 1.44. The van der Waals surface area contributed by atoms with Crippen molar-refractivity contribution in [1.82, 2.24) is 4.98 Å². The second kappa shape index (κ2) is 10.5. The molecule has 8 heteroatoms. The van der Waals surface area contributed by atoms with Crippen LogP contribution in [-0.2, 0) is 9.53 Å². The molecule has 1 atom stereocenters. The molecule has 0 bridgehead atoms. The number of ether oxygens (including phenoxy) is 1. The van der Waals surface area contributed by atoms with Gasteiger partial charge in [0, 0.05) is 28.0 Å². The minimum absolute atomic E-state index is 0.0732. The third-order valence-corrected chi connectivity index (χ3v) is 7.79. The summed E-state index contributed by atoms with van der Waals surface area (Å²) in [7, 11) is 0. The first kappa shape index (κ1) is 22.9. The zero-order chi connectivity index (χ0) is 21.8. The van der Waals surface area contributed by atoms with Crippen molar-refractivity contribution in [3.05, 3.63) is 52.0 Å². The number of halogens is 2. The fourth-order valence-corrected chi connectivity index (χ4v) is 6.04. The number of anilines is 1. The van der Waals surface area contributed by atoms with Crippen LogP contribution >= 0.6 is 46.3 Å². The van der Waals surface area contributed by atoms with E-state index in [0.29, 0.717) is 18.0 Å². The molecule has 0 N–H and O–H groups in total. The van der Waals surface area contributed by atoms with Gasteiger partial charge in [0.1, 0.15) is 0 Å². The second-order valence-corrected chi connectivity index (χ2v) is 10.7. The molecular formula is C23H24Cl2N2O2S2. The highest BCUT2D eigenvalue weighted by Crippen LogP contribution is 2.34. The highest BCUT2D eigenvalue weighted by molar-refractivity contribution is 7.99. The first-order valence-electron chi connectivity index (χ1n) is 10.4. The van der Waals surface area contributed by atoms with E-state index < -0.39 is 0 Å². The van der Waals surface area contributed by atoms with E-state index >= 15 is 0 Å². The Kier molecular flexibility index (Phi) is 7.77. The summed E-state index contributed by atoms with van der Waals surface area (Å²) in [5, 5.41) is 2.15. The van der Waals surface area contributed by atoms with E-state index in [9.17, 15) is 4.79 Å². The Bertz CT molecular complexity index is 1050. The molecule has 1 fully saturated rings. The molecule has 4 rings (SSSR count). The smallest absolute Gasteiger partial charge is 0.228 e. The number of hydrogen-bond donors (Lipinski definition) is 0. The maximum atomic E-state index is 13.2. The lowest BCUT2D eigenvalue weighted by molar-refractivity contribution is -0.119. The molecule has 0 spiro atoms. The first-order valence-corrected chi connectivity index (χ1v) is 12.9. The van der Waals surface area contributed by atoms with E-state index in [1.54, 1.807) is 11.8 Å². The SMILES string of the molecule is Cc1cc(Cl)cc2sc(N(CC3CCCO3)C(=O)CCCSc3ccc(Cl)cc3)nc12. The van der Waals surface area contributed by atoms with Crippen LogP contribution < -0.4 is 4.90 Å². The summed E-state index contributed by atoms with van der Waals surface area (Å²) in [5.41, 5.74) is 1.93. The highest BCUT2D eigenvalue weighted by atomic mass is 35.5. The number of fused-ring (bicyclic) bond motifs is 1. The van der Waals surface area contributed by atoms with Crippen LogP contribution in [0.1, 0.15) is 31.2 Å². The number of aryl methyl sites for hydroxylation is 1. The molecule has 1 aromatic heterocycles. The number of thiazole rings is 1. The number of aromatic nitrogens is 1. The number of amides is 1. The summed E-state index contributed by atoms with van der Waals surface area (Å²) in [4.78, 5) is 21.0. The monoisotopic (exact) mass is 494 g/mol. The maximum absolute atomic E-state index is 13.2. The van der Waals surface area contributed by atoms with E-state index in [0.717, 1.165) is 62.5 Å². The van der Waals surface area contributed by atoms with Gasteiger partial charge in [-0.1, -0.05) is 34.5 Å². The predicted molar refractivity (Wildman–Crippen MR) is 132 cm³/mol. The Labute approximate surface area is 200 Å². The molecule has 164 valence electrons. The van der Waals surface area contributed by atoms with Gasteiger partial charge in [-0.05, 0) is 73.9 Å². The number of carbonyl (C=O) groups is 1. The Hall–Kier alpha value is -1.31. The molecule has 0 saturated carbocycles. The van der Waals surface area contributed by atoms with Crippen molar-refractivity contribution < 1.29 is 9.53 Å². The third kappa shape index (κ3) is 5.93. The van der Waals surface area contributed by atoms with Crippen molar-refractivity contribution in [2.24, 2.45) is 0 Å².